The van der Waals surface area contributed by atoms with Crippen LogP contribution in [0.15, 0.2) is 47.6 Å². The monoisotopic (exact) mass is 328 g/mol. The molecule has 2 aliphatic rings. The van der Waals surface area contributed by atoms with Crippen LogP contribution in [0.4, 0.5) is 14.5 Å². The van der Waals surface area contributed by atoms with Gasteiger partial charge in [0.2, 0.25) is 6.23 Å². The van der Waals surface area contributed by atoms with Gasteiger partial charge < -0.3 is 4.84 Å². The van der Waals surface area contributed by atoms with E-state index in [0.717, 1.165) is 16.8 Å². The Morgan fingerprint density at radius 2 is 1.96 bits per heavy atom. The first kappa shape index (κ1) is 15.1. The normalized spacial score (nSPS) is 20.4. The molecule has 0 saturated heterocycles. The molecule has 24 heavy (non-hydrogen) atoms. The molecule has 0 bridgehead atoms. The van der Waals surface area contributed by atoms with Crippen LogP contribution in [0, 0.1) is 11.7 Å². The Morgan fingerprint density at radius 1 is 1.17 bits per heavy atom. The zero-order chi connectivity index (χ0) is 16.8. The second kappa shape index (κ2) is 5.58. The fraction of sp³-hybridized carbons (Fsp3) is 0.316. The van der Waals surface area contributed by atoms with Crippen LogP contribution in [-0.4, -0.2) is 18.2 Å². The third kappa shape index (κ3) is 2.11. The average molecular weight is 328 g/mol. The van der Waals surface area contributed by atoms with E-state index in [1.165, 1.54) is 12.1 Å². The quantitative estimate of drug-likeness (QED) is 0.815. The maximum atomic E-state index is 14.1. The topological polar surface area (TPSA) is 24.8 Å². The third-order valence-corrected chi connectivity index (χ3v) is 4.83. The van der Waals surface area contributed by atoms with Crippen molar-refractivity contribution in [1.29, 1.82) is 0 Å². The highest BCUT2D eigenvalue weighted by molar-refractivity contribution is 6.19. The maximum absolute atomic E-state index is 14.1. The molecule has 2 aliphatic heterocycles. The summed E-state index contributed by atoms with van der Waals surface area (Å²) in [5.74, 6) is -0.105. The van der Waals surface area contributed by atoms with Gasteiger partial charge in [-0.15, -0.1) is 0 Å². The summed E-state index contributed by atoms with van der Waals surface area (Å²) >= 11 is 0. The Balaban J connectivity index is 1.90. The van der Waals surface area contributed by atoms with Gasteiger partial charge in [-0.3, -0.25) is 4.90 Å². The van der Waals surface area contributed by atoms with Crippen molar-refractivity contribution >= 4 is 11.5 Å². The van der Waals surface area contributed by atoms with Crippen molar-refractivity contribution in [2.24, 2.45) is 11.1 Å². The fourth-order valence-corrected chi connectivity index (χ4v) is 3.62. The van der Waals surface area contributed by atoms with Crippen molar-refractivity contribution < 1.29 is 13.6 Å². The van der Waals surface area contributed by atoms with Crippen LogP contribution < -0.4 is 4.90 Å². The molecular weight excluding hydrogens is 310 g/mol. The summed E-state index contributed by atoms with van der Waals surface area (Å²) in [6, 6.07) is 12.5. The number of fused-ring (bicyclic) bond motifs is 6. The van der Waals surface area contributed by atoms with Crippen molar-refractivity contribution in [1.82, 2.24) is 0 Å². The minimum absolute atomic E-state index is 0.325. The molecule has 0 amide bonds. The van der Waals surface area contributed by atoms with Crippen LogP contribution in [0.2, 0.25) is 0 Å². The summed E-state index contributed by atoms with van der Waals surface area (Å²) in [4.78, 5) is 7.52. The van der Waals surface area contributed by atoms with Gasteiger partial charge in [0.1, 0.15) is 12.0 Å². The number of alkyl halides is 1. The minimum Gasteiger partial charge on any atom is -0.368 e. The Labute approximate surface area is 139 Å². The lowest BCUT2D eigenvalue weighted by atomic mass is 9.90. The molecule has 4 rings (SSSR count). The van der Waals surface area contributed by atoms with Crippen LogP contribution in [0.5, 0.6) is 0 Å². The van der Waals surface area contributed by atoms with E-state index in [1.807, 2.05) is 36.1 Å². The van der Waals surface area contributed by atoms with Crippen molar-refractivity contribution in [3.63, 3.8) is 0 Å². The SMILES string of the molecule is CCC(C(C)F)C1ON=C2c3cc(F)ccc3-c3ccccc3N21. The fourth-order valence-electron chi connectivity index (χ4n) is 3.62. The van der Waals surface area contributed by atoms with Crippen LogP contribution >= 0.6 is 0 Å². The van der Waals surface area contributed by atoms with E-state index in [9.17, 15) is 8.78 Å². The van der Waals surface area contributed by atoms with Gasteiger partial charge in [-0.25, -0.2) is 8.78 Å². The molecule has 0 radical (unpaired) electrons. The van der Waals surface area contributed by atoms with Gasteiger partial charge >= 0.3 is 0 Å². The second-order valence-electron chi connectivity index (χ2n) is 6.24. The molecule has 0 fully saturated rings. The number of para-hydroxylation sites is 1. The van der Waals surface area contributed by atoms with E-state index in [4.69, 9.17) is 4.84 Å². The summed E-state index contributed by atoms with van der Waals surface area (Å²) in [6.07, 6.45) is -0.932. The summed E-state index contributed by atoms with van der Waals surface area (Å²) in [5, 5.41) is 4.18. The van der Waals surface area contributed by atoms with Crippen LogP contribution in [0.25, 0.3) is 11.1 Å². The smallest absolute Gasteiger partial charge is 0.211 e. The molecule has 2 aromatic carbocycles. The standard InChI is InChI=1S/C19H18F2N2O/c1-3-13(11(2)20)19-23-17-7-5-4-6-15(17)14-9-8-12(21)10-16(14)18(23)22-24-19/h4-11,13,19H,3H2,1-2H3. The van der Waals surface area contributed by atoms with Gasteiger partial charge in [-0.2, -0.15) is 0 Å². The van der Waals surface area contributed by atoms with Crippen LogP contribution in [0.3, 0.4) is 0 Å². The predicted octanol–water partition coefficient (Wildman–Crippen LogP) is 4.71. The van der Waals surface area contributed by atoms with Gasteiger partial charge in [0.05, 0.1) is 5.69 Å². The number of halogens is 2. The molecule has 0 aromatic heterocycles. The molecule has 124 valence electrons. The van der Waals surface area contributed by atoms with Gasteiger partial charge in [0.25, 0.3) is 0 Å². The zero-order valence-corrected chi connectivity index (χ0v) is 13.5. The van der Waals surface area contributed by atoms with Gasteiger partial charge in [0, 0.05) is 17.0 Å². The number of amidine groups is 1. The summed E-state index contributed by atoms with van der Waals surface area (Å²) in [6.45, 7) is 3.48. The van der Waals surface area contributed by atoms with Crippen LogP contribution in [-0.2, 0) is 4.84 Å². The lowest BCUT2D eigenvalue weighted by Gasteiger charge is -2.35. The molecule has 2 heterocycles. The van der Waals surface area contributed by atoms with E-state index in [-0.39, 0.29) is 11.7 Å². The predicted molar refractivity (Wildman–Crippen MR) is 90.1 cm³/mol. The van der Waals surface area contributed by atoms with Crippen molar-refractivity contribution in [3.05, 3.63) is 53.8 Å². The number of hydrogen-bond acceptors (Lipinski definition) is 3. The maximum Gasteiger partial charge on any atom is 0.211 e. The molecule has 2 aromatic rings. The number of anilines is 1. The average Bonchev–Trinajstić information content (AvgIpc) is 3.00. The minimum atomic E-state index is -1.03. The number of nitrogens with zero attached hydrogens (tertiary/aromatic N) is 2. The molecule has 5 heteroatoms. The summed E-state index contributed by atoms with van der Waals surface area (Å²) in [7, 11) is 0. The number of benzene rings is 2. The van der Waals surface area contributed by atoms with E-state index in [1.54, 1.807) is 13.0 Å². The van der Waals surface area contributed by atoms with Gasteiger partial charge in [0.15, 0.2) is 5.84 Å². The number of rotatable bonds is 3. The number of oxime groups is 1. The first-order valence-electron chi connectivity index (χ1n) is 8.18. The molecular formula is C19H18F2N2O. The largest absolute Gasteiger partial charge is 0.368 e. The Morgan fingerprint density at radius 3 is 2.71 bits per heavy atom. The van der Waals surface area contributed by atoms with E-state index >= 15 is 0 Å². The van der Waals surface area contributed by atoms with E-state index < -0.39 is 12.4 Å². The first-order chi connectivity index (χ1) is 11.6. The molecule has 0 saturated carbocycles. The molecule has 0 N–H and O–H groups in total. The highest BCUT2D eigenvalue weighted by atomic mass is 19.1. The highest BCUT2D eigenvalue weighted by Gasteiger charge is 2.43. The Bertz CT molecular complexity index is 819. The highest BCUT2D eigenvalue weighted by Crippen LogP contribution is 2.44. The van der Waals surface area contributed by atoms with Gasteiger partial charge in [-0.05, 0) is 37.1 Å². The van der Waals surface area contributed by atoms with Crippen LogP contribution in [0.1, 0.15) is 25.8 Å². The summed E-state index contributed by atoms with van der Waals surface area (Å²) in [5.41, 5.74) is 3.48. The molecule has 0 aliphatic carbocycles. The summed E-state index contributed by atoms with van der Waals surface area (Å²) < 4.78 is 27.9. The van der Waals surface area contributed by atoms with Gasteiger partial charge in [-0.1, -0.05) is 36.3 Å². The molecule has 3 atom stereocenters. The first-order valence-corrected chi connectivity index (χ1v) is 8.18. The third-order valence-electron chi connectivity index (χ3n) is 4.83. The Kier molecular flexibility index (Phi) is 3.52. The van der Waals surface area contributed by atoms with E-state index in [2.05, 4.69) is 5.16 Å². The van der Waals surface area contributed by atoms with Crippen molar-refractivity contribution in [3.8, 4) is 11.1 Å². The lowest BCUT2D eigenvalue weighted by Crippen LogP contribution is -2.45. The Hall–Kier alpha value is -2.43. The molecule has 0 spiro atoms. The molecule has 3 unspecified atom stereocenters. The van der Waals surface area contributed by atoms with Crippen molar-refractivity contribution in [2.75, 3.05) is 4.90 Å². The lowest BCUT2D eigenvalue weighted by molar-refractivity contribution is 0.0119. The second-order valence-corrected chi connectivity index (χ2v) is 6.24. The van der Waals surface area contributed by atoms with E-state index in [0.29, 0.717) is 17.8 Å². The zero-order valence-electron chi connectivity index (χ0n) is 13.5. The number of hydrogen-bond donors (Lipinski definition) is 0. The van der Waals surface area contributed by atoms with Crippen molar-refractivity contribution in [2.45, 2.75) is 32.7 Å². The molecule has 3 nitrogen and oxygen atoms in total.